The number of nitrogens with one attached hydrogen (secondary N) is 3. The third-order valence-electron chi connectivity index (χ3n) is 3.71. The molecule has 2 aromatic rings. The lowest BCUT2D eigenvalue weighted by molar-refractivity contribution is -0.862. The van der Waals surface area contributed by atoms with Gasteiger partial charge in [0.05, 0.1) is 19.9 Å². The van der Waals surface area contributed by atoms with Gasteiger partial charge < -0.3 is 20.0 Å². The molecule has 0 aliphatic carbocycles. The number of amides is 2. The largest absolute Gasteiger partial charge is 0.467 e. The lowest BCUT2D eigenvalue weighted by Crippen LogP contribution is -3.11. The number of benzene rings is 1. The van der Waals surface area contributed by atoms with Gasteiger partial charge in [0.15, 0.2) is 13.1 Å². The Kier molecular flexibility index (Phi) is 6.14. The van der Waals surface area contributed by atoms with Crippen LogP contribution in [0.3, 0.4) is 0 Å². The van der Waals surface area contributed by atoms with Gasteiger partial charge in [-0.15, -0.1) is 0 Å². The zero-order valence-electron chi connectivity index (χ0n) is 14.3. The third kappa shape index (κ3) is 5.24. The number of rotatable bonds is 7. The van der Waals surface area contributed by atoms with E-state index in [1.54, 1.807) is 18.4 Å². The van der Waals surface area contributed by atoms with E-state index >= 15 is 0 Å². The second-order valence-electron chi connectivity index (χ2n) is 5.98. The van der Waals surface area contributed by atoms with Gasteiger partial charge in [-0.05, 0) is 37.1 Å². The minimum Gasteiger partial charge on any atom is -0.467 e. The van der Waals surface area contributed by atoms with Crippen molar-refractivity contribution in [1.82, 2.24) is 5.32 Å². The lowest BCUT2D eigenvalue weighted by atomic mass is 10.1. The molecule has 0 radical (unpaired) electrons. The van der Waals surface area contributed by atoms with Crippen molar-refractivity contribution in [3.8, 4) is 0 Å². The summed E-state index contributed by atoms with van der Waals surface area (Å²) in [4.78, 5) is 24.9. The summed E-state index contributed by atoms with van der Waals surface area (Å²) in [6.07, 6.45) is 1.57. The molecule has 0 aliphatic rings. The molecule has 1 heterocycles. The first kappa shape index (κ1) is 17.7. The van der Waals surface area contributed by atoms with E-state index in [1.165, 1.54) is 0 Å². The van der Waals surface area contributed by atoms with Gasteiger partial charge in [0.25, 0.3) is 11.8 Å². The van der Waals surface area contributed by atoms with Crippen molar-refractivity contribution in [2.75, 3.05) is 25.5 Å². The molecule has 1 aromatic carbocycles. The summed E-state index contributed by atoms with van der Waals surface area (Å²) in [6.45, 7) is 4.72. The Morgan fingerprint density at radius 2 is 1.71 bits per heavy atom. The van der Waals surface area contributed by atoms with Crippen molar-refractivity contribution < 1.29 is 18.9 Å². The predicted octanol–water partition coefficient (Wildman–Crippen LogP) is 0.666. The quantitative estimate of drug-likeness (QED) is 0.698. The molecule has 1 unspecified atom stereocenters. The van der Waals surface area contributed by atoms with Crippen LogP contribution in [0.15, 0.2) is 41.0 Å². The monoisotopic (exact) mass is 330 g/mol. The van der Waals surface area contributed by atoms with E-state index in [4.69, 9.17) is 4.42 Å². The van der Waals surface area contributed by atoms with Gasteiger partial charge in [0.2, 0.25) is 0 Å². The second-order valence-corrected chi connectivity index (χ2v) is 5.98. The van der Waals surface area contributed by atoms with E-state index in [2.05, 4.69) is 10.6 Å². The van der Waals surface area contributed by atoms with Crippen molar-refractivity contribution in [3.05, 3.63) is 53.5 Å². The Balaban J connectivity index is 1.77. The van der Waals surface area contributed by atoms with Gasteiger partial charge >= 0.3 is 0 Å². The predicted molar refractivity (Wildman–Crippen MR) is 91.7 cm³/mol. The summed E-state index contributed by atoms with van der Waals surface area (Å²) in [7, 11) is 1.82. The molecular formula is C18H24N3O3+. The van der Waals surface area contributed by atoms with E-state index in [9.17, 15) is 9.59 Å². The van der Waals surface area contributed by atoms with Crippen LogP contribution >= 0.6 is 0 Å². The van der Waals surface area contributed by atoms with Crippen LogP contribution < -0.4 is 15.5 Å². The van der Waals surface area contributed by atoms with Crippen LogP contribution in [-0.2, 0) is 16.1 Å². The molecule has 0 bridgehead atoms. The van der Waals surface area contributed by atoms with Crippen molar-refractivity contribution >= 4 is 17.5 Å². The zero-order valence-corrected chi connectivity index (χ0v) is 14.3. The number of aryl methyl sites for hydroxylation is 2. The highest BCUT2D eigenvalue weighted by atomic mass is 16.3. The molecule has 0 fully saturated rings. The Hall–Kier alpha value is -2.60. The third-order valence-corrected chi connectivity index (χ3v) is 3.71. The van der Waals surface area contributed by atoms with Gasteiger partial charge in [0.1, 0.15) is 5.76 Å². The average Bonchev–Trinajstić information content (AvgIpc) is 3.02. The Labute approximate surface area is 141 Å². The fourth-order valence-corrected chi connectivity index (χ4v) is 2.47. The first-order valence-electron chi connectivity index (χ1n) is 7.92. The molecule has 0 spiro atoms. The van der Waals surface area contributed by atoms with Gasteiger partial charge in [-0.3, -0.25) is 9.59 Å². The molecule has 1 aromatic heterocycles. The number of furan rings is 1. The Morgan fingerprint density at radius 3 is 2.33 bits per heavy atom. The molecule has 6 nitrogen and oxygen atoms in total. The lowest BCUT2D eigenvalue weighted by Gasteiger charge is -2.15. The maximum atomic E-state index is 12.2. The van der Waals surface area contributed by atoms with Crippen molar-refractivity contribution in [1.29, 1.82) is 0 Å². The zero-order chi connectivity index (χ0) is 17.5. The highest BCUT2D eigenvalue weighted by Gasteiger charge is 2.15. The van der Waals surface area contributed by atoms with Crippen LogP contribution in [0.5, 0.6) is 0 Å². The van der Waals surface area contributed by atoms with Gasteiger partial charge in [0, 0.05) is 5.69 Å². The molecule has 0 aliphatic heterocycles. The van der Waals surface area contributed by atoms with Crippen molar-refractivity contribution in [2.24, 2.45) is 0 Å². The van der Waals surface area contributed by atoms with Gasteiger partial charge in [-0.25, -0.2) is 0 Å². The maximum Gasteiger partial charge on any atom is 0.279 e. The molecule has 0 saturated carbocycles. The van der Waals surface area contributed by atoms with Crippen LogP contribution in [-0.4, -0.2) is 32.0 Å². The first-order chi connectivity index (χ1) is 11.5. The number of carbonyl (C=O) groups excluding carboxylic acids is 2. The molecule has 3 N–H and O–H groups in total. The fourth-order valence-electron chi connectivity index (χ4n) is 2.47. The topological polar surface area (TPSA) is 75.8 Å². The average molecular weight is 330 g/mol. The van der Waals surface area contributed by atoms with E-state index in [0.29, 0.717) is 12.3 Å². The van der Waals surface area contributed by atoms with Gasteiger partial charge in [-0.2, -0.15) is 0 Å². The Morgan fingerprint density at radius 1 is 1.04 bits per heavy atom. The number of hydrogen-bond acceptors (Lipinski definition) is 3. The summed E-state index contributed by atoms with van der Waals surface area (Å²) < 4.78 is 5.16. The van der Waals surface area contributed by atoms with Crippen molar-refractivity contribution in [3.63, 3.8) is 0 Å². The second kappa shape index (κ2) is 8.31. The van der Waals surface area contributed by atoms with E-state index in [-0.39, 0.29) is 24.9 Å². The van der Waals surface area contributed by atoms with Gasteiger partial charge in [-0.1, -0.05) is 18.2 Å². The molecule has 24 heavy (non-hydrogen) atoms. The molecule has 1 atom stereocenters. The highest BCUT2D eigenvalue weighted by Crippen LogP contribution is 2.18. The summed E-state index contributed by atoms with van der Waals surface area (Å²) in [6, 6.07) is 9.45. The molecule has 6 heteroatoms. The smallest absolute Gasteiger partial charge is 0.279 e. The number of likely N-dealkylation sites (N-methyl/N-ethyl adjacent to an activating group) is 1. The molecule has 2 amide bonds. The van der Waals surface area contributed by atoms with E-state index < -0.39 is 0 Å². The number of hydrogen-bond donors (Lipinski definition) is 3. The summed E-state index contributed by atoms with van der Waals surface area (Å²) in [5.74, 6) is 0.473. The highest BCUT2D eigenvalue weighted by molar-refractivity contribution is 5.93. The molecule has 128 valence electrons. The number of para-hydroxylation sites is 1. The van der Waals surface area contributed by atoms with Crippen LogP contribution in [0.4, 0.5) is 5.69 Å². The number of anilines is 1. The molecule has 0 saturated heterocycles. The van der Waals surface area contributed by atoms with Crippen LogP contribution in [0.2, 0.25) is 0 Å². The molecule has 2 rings (SSSR count). The summed E-state index contributed by atoms with van der Waals surface area (Å²) >= 11 is 0. The van der Waals surface area contributed by atoms with Crippen molar-refractivity contribution in [2.45, 2.75) is 20.4 Å². The normalized spacial score (nSPS) is 11.8. The minimum absolute atomic E-state index is 0.108. The Bertz CT molecular complexity index is 675. The summed E-state index contributed by atoms with van der Waals surface area (Å²) in [5, 5.41) is 5.70. The SMILES string of the molecule is Cc1cccc(C)c1NC(=O)C[NH+](C)CC(=O)NCc1ccco1. The fraction of sp³-hybridized carbons (Fsp3) is 0.333. The van der Waals surface area contributed by atoms with Crippen LogP contribution in [0.1, 0.15) is 16.9 Å². The van der Waals surface area contributed by atoms with Crippen LogP contribution in [0, 0.1) is 13.8 Å². The van der Waals surface area contributed by atoms with E-state index in [1.807, 2.05) is 39.1 Å². The number of carbonyl (C=O) groups is 2. The summed E-state index contributed by atoms with van der Waals surface area (Å²) in [5.41, 5.74) is 2.90. The van der Waals surface area contributed by atoms with Crippen LogP contribution in [0.25, 0.3) is 0 Å². The molecular weight excluding hydrogens is 306 g/mol. The number of quaternary nitrogens is 1. The minimum atomic E-state index is -0.122. The van der Waals surface area contributed by atoms with E-state index in [0.717, 1.165) is 21.7 Å². The maximum absolute atomic E-state index is 12.2. The standard InChI is InChI=1S/C18H23N3O3/c1-13-6-4-7-14(2)18(13)20-17(23)12-21(3)11-16(22)19-10-15-8-5-9-24-15/h4-9H,10-12H2,1-3H3,(H,19,22)(H,20,23)/p+1. The first-order valence-corrected chi connectivity index (χ1v) is 7.92.